The molecule has 150 valence electrons. The summed E-state index contributed by atoms with van der Waals surface area (Å²) in [5.74, 6) is -1.09. The zero-order valence-electron chi connectivity index (χ0n) is 15.2. The first-order valence-corrected chi connectivity index (χ1v) is 9.26. The van der Waals surface area contributed by atoms with Crippen LogP contribution in [0.4, 0.5) is 10.6 Å². The van der Waals surface area contributed by atoms with Gasteiger partial charge in [-0.1, -0.05) is 18.2 Å². The first kappa shape index (κ1) is 20.9. The quantitative estimate of drug-likeness (QED) is 0.604. The Labute approximate surface area is 160 Å². The molecule has 0 bridgehead atoms. The van der Waals surface area contributed by atoms with Gasteiger partial charge in [-0.15, -0.1) is 0 Å². The number of hydrogen-bond donors (Lipinski definition) is 3. The van der Waals surface area contributed by atoms with E-state index in [0.717, 1.165) is 0 Å². The Morgan fingerprint density at radius 1 is 1.14 bits per heavy atom. The molecule has 11 nitrogen and oxygen atoms in total. The van der Waals surface area contributed by atoms with Gasteiger partial charge in [0, 0.05) is 0 Å². The van der Waals surface area contributed by atoms with Crippen LogP contribution in [0.1, 0.15) is 11.1 Å². The molecule has 28 heavy (non-hydrogen) atoms. The largest absolute Gasteiger partial charge is 0.481 e. The van der Waals surface area contributed by atoms with Crippen LogP contribution in [0.5, 0.6) is 11.9 Å². The number of aliphatic carboxylic acids is 1. The number of carbonyl (C=O) groups is 2. The van der Waals surface area contributed by atoms with Crippen molar-refractivity contribution in [2.24, 2.45) is 0 Å². The molecule has 0 spiro atoms. The van der Waals surface area contributed by atoms with E-state index in [-0.39, 0.29) is 28.2 Å². The number of urea groups is 1. The number of anilines is 1. The first-order chi connectivity index (χ1) is 13.2. The van der Waals surface area contributed by atoms with E-state index in [1.165, 1.54) is 38.5 Å². The number of carbonyl (C=O) groups excluding carboxylic acids is 1. The fraction of sp³-hybridized carbons (Fsp3) is 0.250. The molecule has 0 aliphatic carbocycles. The number of nitrogens with one attached hydrogen (secondary N) is 2. The van der Waals surface area contributed by atoms with Gasteiger partial charge in [0.1, 0.15) is 5.82 Å². The first-order valence-electron chi connectivity index (χ1n) is 7.78. The van der Waals surface area contributed by atoms with E-state index in [0.29, 0.717) is 5.56 Å². The Balaban J connectivity index is 2.27. The van der Waals surface area contributed by atoms with E-state index in [9.17, 15) is 18.0 Å². The lowest BCUT2D eigenvalue weighted by Gasteiger charge is -2.13. The molecule has 0 saturated carbocycles. The second-order valence-corrected chi connectivity index (χ2v) is 7.08. The minimum atomic E-state index is -4.33. The van der Waals surface area contributed by atoms with Crippen LogP contribution in [0.3, 0.4) is 0 Å². The van der Waals surface area contributed by atoms with Crippen LogP contribution in [0.2, 0.25) is 0 Å². The van der Waals surface area contributed by atoms with Crippen molar-refractivity contribution in [2.45, 2.75) is 18.2 Å². The summed E-state index contributed by atoms with van der Waals surface area (Å²) in [6.45, 7) is 1.56. The molecule has 1 aromatic carbocycles. The highest BCUT2D eigenvalue weighted by atomic mass is 32.2. The van der Waals surface area contributed by atoms with Crippen LogP contribution in [0.25, 0.3) is 0 Å². The SMILES string of the molecule is COc1nc(NC(=O)NS(=O)(=O)c2ccccc2CC(=O)O)c(C)c(OC)n1. The standard InChI is InChI=1S/C16H18N4O7S/c1-9-13(18-16(27-3)19-14(9)26-2)17-15(23)20-28(24,25)11-7-5-4-6-10(11)8-12(21)22/h4-7H,8H2,1-3H3,(H,21,22)(H2,17,18,19,20,23). The van der Waals surface area contributed by atoms with E-state index in [1.807, 2.05) is 4.72 Å². The van der Waals surface area contributed by atoms with Crippen LogP contribution in [-0.2, 0) is 21.2 Å². The van der Waals surface area contributed by atoms with Gasteiger partial charge in [-0.25, -0.2) is 17.9 Å². The molecular weight excluding hydrogens is 392 g/mol. The van der Waals surface area contributed by atoms with Crippen molar-refractivity contribution in [2.75, 3.05) is 19.5 Å². The van der Waals surface area contributed by atoms with Gasteiger partial charge >= 0.3 is 18.0 Å². The summed E-state index contributed by atoms with van der Waals surface area (Å²) in [4.78, 5) is 30.7. The summed E-state index contributed by atoms with van der Waals surface area (Å²) in [6.07, 6.45) is -0.516. The monoisotopic (exact) mass is 410 g/mol. The molecule has 0 atom stereocenters. The van der Waals surface area contributed by atoms with E-state index in [1.54, 1.807) is 6.92 Å². The minimum Gasteiger partial charge on any atom is -0.481 e. The number of amides is 2. The Morgan fingerprint density at radius 2 is 1.82 bits per heavy atom. The third kappa shape index (κ3) is 4.85. The fourth-order valence-corrected chi connectivity index (χ4v) is 3.42. The molecule has 0 radical (unpaired) electrons. The number of ether oxygens (including phenoxy) is 2. The summed E-state index contributed by atoms with van der Waals surface area (Å²) in [6, 6.07) is 4.28. The maximum Gasteiger partial charge on any atom is 0.334 e. The molecule has 2 amide bonds. The van der Waals surface area contributed by atoms with E-state index in [2.05, 4.69) is 15.3 Å². The molecule has 2 rings (SSSR count). The average molecular weight is 410 g/mol. The number of sulfonamides is 1. The number of carboxylic acids is 1. The Hall–Kier alpha value is -3.41. The highest BCUT2D eigenvalue weighted by Crippen LogP contribution is 2.24. The predicted octanol–water partition coefficient (Wildman–Crippen LogP) is 0.940. The van der Waals surface area contributed by atoms with Gasteiger partial charge in [0.15, 0.2) is 0 Å². The number of methoxy groups -OCH3 is 2. The van der Waals surface area contributed by atoms with Gasteiger partial charge in [0.2, 0.25) is 5.88 Å². The van der Waals surface area contributed by atoms with Crippen molar-refractivity contribution in [3.05, 3.63) is 35.4 Å². The number of rotatable bonds is 7. The molecule has 2 aromatic rings. The number of nitrogens with zero attached hydrogens (tertiary/aromatic N) is 2. The third-order valence-electron chi connectivity index (χ3n) is 3.52. The molecule has 1 heterocycles. The Kier molecular flexibility index (Phi) is 6.36. The van der Waals surface area contributed by atoms with Gasteiger partial charge in [-0.2, -0.15) is 9.97 Å². The van der Waals surface area contributed by atoms with Crippen molar-refractivity contribution < 1.29 is 32.6 Å². The lowest BCUT2D eigenvalue weighted by atomic mass is 10.1. The van der Waals surface area contributed by atoms with Gasteiger partial charge in [-0.05, 0) is 18.6 Å². The molecule has 0 saturated heterocycles. The maximum atomic E-state index is 12.5. The lowest BCUT2D eigenvalue weighted by molar-refractivity contribution is -0.136. The molecular formula is C16H18N4O7S. The molecule has 3 N–H and O–H groups in total. The smallest absolute Gasteiger partial charge is 0.334 e. The summed E-state index contributed by atoms with van der Waals surface area (Å²) < 4.78 is 36.8. The summed E-state index contributed by atoms with van der Waals surface area (Å²) in [7, 11) is -1.65. The number of carboxylic acid groups (broad SMARTS) is 1. The van der Waals surface area contributed by atoms with E-state index in [4.69, 9.17) is 14.6 Å². The van der Waals surface area contributed by atoms with Crippen molar-refractivity contribution in [1.82, 2.24) is 14.7 Å². The fourth-order valence-electron chi connectivity index (χ4n) is 2.27. The average Bonchev–Trinajstić information content (AvgIpc) is 2.62. The van der Waals surface area contributed by atoms with Gasteiger partial charge in [0.05, 0.1) is 31.1 Å². The highest BCUT2D eigenvalue weighted by Gasteiger charge is 2.23. The molecule has 12 heteroatoms. The molecule has 1 aromatic heterocycles. The molecule has 0 aliphatic rings. The van der Waals surface area contributed by atoms with E-state index < -0.39 is 28.4 Å². The maximum absolute atomic E-state index is 12.5. The third-order valence-corrected chi connectivity index (χ3v) is 4.95. The van der Waals surface area contributed by atoms with Crippen LogP contribution in [-0.4, -0.2) is 49.7 Å². The minimum absolute atomic E-state index is 0.0183. The van der Waals surface area contributed by atoms with Crippen LogP contribution in [0.15, 0.2) is 29.2 Å². The normalized spacial score (nSPS) is 10.8. The van der Waals surface area contributed by atoms with Gasteiger partial charge in [-0.3, -0.25) is 10.1 Å². The summed E-state index contributed by atoms with van der Waals surface area (Å²) in [5.41, 5.74) is 0.388. The number of hydrogen-bond acceptors (Lipinski definition) is 8. The number of aromatic nitrogens is 2. The van der Waals surface area contributed by atoms with Crippen molar-refractivity contribution in [1.29, 1.82) is 0 Å². The van der Waals surface area contributed by atoms with Crippen molar-refractivity contribution >= 4 is 27.8 Å². The van der Waals surface area contributed by atoms with Crippen LogP contribution >= 0.6 is 0 Å². The van der Waals surface area contributed by atoms with Gasteiger partial charge in [0.25, 0.3) is 10.0 Å². The second-order valence-electron chi connectivity index (χ2n) is 5.43. The van der Waals surface area contributed by atoms with Crippen LogP contribution < -0.4 is 19.5 Å². The van der Waals surface area contributed by atoms with Crippen molar-refractivity contribution in [3.63, 3.8) is 0 Å². The second kappa shape index (κ2) is 8.52. The summed E-state index contributed by atoms with van der Waals surface area (Å²) in [5, 5.41) is 11.2. The highest BCUT2D eigenvalue weighted by molar-refractivity contribution is 7.90. The predicted molar refractivity (Wildman–Crippen MR) is 97.0 cm³/mol. The topological polar surface area (TPSA) is 157 Å². The van der Waals surface area contributed by atoms with Crippen molar-refractivity contribution in [3.8, 4) is 11.9 Å². The molecule has 0 aliphatic heterocycles. The van der Waals surface area contributed by atoms with Crippen LogP contribution in [0, 0.1) is 6.92 Å². The number of benzene rings is 1. The van der Waals surface area contributed by atoms with E-state index >= 15 is 0 Å². The molecule has 0 unspecified atom stereocenters. The lowest BCUT2D eigenvalue weighted by Crippen LogP contribution is -2.35. The Bertz CT molecular complexity index is 1010. The summed E-state index contributed by atoms with van der Waals surface area (Å²) >= 11 is 0. The van der Waals surface area contributed by atoms with Gasteiger partial charge < -0.3 is 14.6 Å². The molecule has 0 fully saturated rings. The Morgan fingerprint density at radius 3 is 2.43 bits per heavy atom. The zero-order valence-corrected chi connectivity index (χ0v) is 16.0. The zero-order chi connectivity index (χ0) is 20.9.